The topological polar surface area (TPSA) is 26.0 Å². The Labute approximate surface area is 86.8 Å². The van der Waals surface area contributed by atoms with Crippen LogP contribution in [-0.4, -0.2) is 0 Å². The number of nitrogens with two attached hydrogens (primary N) is 1. The average Bonchev–Trinajstić information content (AvgIpc) is 2.06. The Morgan fingerprint density at radius 3 is 2.42 bits per heavy atom. The number of hydrogen-bond acceptors (Lipinski definition) is 1. The van der Waals surface area contributed by atoms with E-state index in [0.717, 1.165) is 5.56 Å². The summed E-state index contributed by atoms with van der Waals surface area (Å²) in [5, 5.41) is 0. The molecule has 12 heavy (non-hydrogen) atoms. The average molecular weight is 273 g/mol. The van der Waals surface area contributed by atoms with E-state index in [4.69, 9.17) is 5.73 Å². The van der Waals surface area contributed by atoms with Crippen LogP contribution in [0, 0.1) is 3.57 Å². The highest BCUT2D eigenvalue weighted by atomic mass is 127. The second kappa shape index (κ2) is 4.62. The summed E-state index contributed by atoms with van der Waals surface area (Å²) < 4.78 is 1.24. The molecule has 0 unspecified atom stereocenters. The minimum atomic E-state index is 0.0343. The number of benzene rings is 1. The summed E-state index contributed by atoms with van der Waals surface area (Å²) in [5.74, 6) is 0. The van der Waals surface area contributed by atoms with Crippen LogP contribution in [0.5, 0.6) is 0 Å². The van der Waals surface area contributed by atoms with Gasteiger partial charge in [-0.15, -0.1) is 0 Å². The summed E-state index contributed by atoms with van der Waals surface area (Å²) in [6.45, 7) is 1.98. The molecule has 64 valence electrons. The fourth-order valence-corrected chi connectivity index (χ4v) is 1.36. The third-order valence-electron chi connectivity index (χ3n) is 1.65. The van der Waals surface area contributed by atoms with Gasteiger partial charge in [-0.1, -0.05) is 24.3 Å². The monoisotopic (exact) mass is 273 g/mol. The van der Waals surface area contributed by atoms with E-state index in [2.05, 4.69) is 46.9 Å². The van der Waals surface area contributed by atoms with Crippen LogP contribution in [0.25, 0.3) is 0 Å². The Hall–Kier alpha value is -0.350. The molecular formula is C10H12IN. The quantitative estimate of drug-likeness (QED) is 0.650. The molecule has 0 amide bonds. The van der Waals surface area contributed by atoms with Crippen LogP contribution in [-0.2, 0) is 0 Å². The van der Waals surface area contributed by atoms with Gasteiger partial charge in [0.15, 0.2) is 0 Å². The fraction of sp³-hybridized carbons (Fsp3) is 0.200. The third kappa shape index (κ3) is 2.60. The molecule has 0 aliphatic heterocycles. The summed E-state index contributed by atoms with van der Waals surface area (Å²) in [6.07, 6.45) is 3.96. The van der Waals surface area contributed by atoms with Crippen LogP contribution in [0.2, 0.25) is 0 Å². The Morgan fingerprint density at radius 1 is 1.33 bits per heavy atom. The van der Waals surface area contributed by atoms with E-state index in [1.165, 1.54) is 3.57 Å². The second-order valence-electron chi connectivity index (χ2n) is 2.60. The van der Waals surface area contributed by atoms with Gasteiger partial charge in [-0.3, -0.25) is 0 Å². The summed E-state index contributed by atoms with van der Waals surface area (Å²) in [4.78, 5) is 0. The van der Waals surface area contributed by atoms with Crippen LogP contribution in [0.3, 0.4) is 0 Å². The lowest BCUT2D eigenvalue weighted by molar-refractivity contribution is 0.909. The zero-order valence-corrected chi connectivity index (χ0v) is 9.15. The maximum absolute atomic E-state index is 5.87. The third-order valence-corrected chi connectivity index (χ3v) is 2.37. The highest BCUT2D eigenvalue weighted by Gasteiger charge is 1.99. The minimum Gasteiger partial charge on any atom is -0.321 e. The first-order chi connectivity index (χ1) is 5.74. The van der Waals surface area contributed by atoms with E-state index in [0.29, 0.717) is 0 Å². The van der Waals surface area contributed by atoms with E-state index < -0.39 is 0 Å². The van der Waals surface area contributed by atoms with Gasteiger partial charge in [0, 0.05) is 9.61 Å². The van der Waals surface area contributed by atoms with Gasteiger partial charge in [0.05, 0.1) is 0 Å². The van der Waals surface area contributed by atoms with Crippen LogP contribution < -0.4 is 5.73 Å². The van der Waals surface area contributed by atoms with Crippen molar-refractivity contribution in [3.05, 3.63) is 45.6 Å². The number of rotatable bonds is 2. The molecule has 1 atom stereocenters. The van der Waals surface area contributed by atoms with Crippen molar-refractivity contribution in [1.82, 2.24) is 0 Å². The van der Waals surface area contributed by atoms with Gasteiger partial charge in [-0.2, -0.15) is 0 Å². The van der Waals surface area contributed by atoms with Crippen molar-refractivity contribution >= 4 is 22.6 Å². The van der Waals surface area contributed by atoms with Crippen LogP contribution in [0.4, 0.5) is 0 Å². The smallest absolute Gasteiger partial charge is 0.0481 e. The van der Waals surface area contributed by atoms with E-state index in [-0.39, 0.29) is 6.04 Å². The largest absolute Gasteiger partial charge is 0.321 e. The summed E-state index contributed by atoms with van der Waals surface area (Å²) in [6, 6.07) is 8.30. The van der Waals surface area contributed by atoms with Gasteiger partial charge < -0.3 is 5.73 Å². The Morgan fingerprint density at radius 2 is 1.92 bits per heavy atom. The Bertz CT molecular complexity index is 264. The van der Waals surface area contributed by atoms with E-state index in [1.54, 1.807) is 0 Å². The summed E-state index contributed by atoms with van der Waals surface area (Å²) in [5.41, 5.74) is 7.03. The zero-order valence-electron chi connectivity index (χ0n) is 7.00. The van der Waals surface area contributed by atoms with Gasteiger partial charge in [-0.05, 0) is 47.2 Å². The molecule has 0 fully saturated rings. The second-order valence-corrected chi connectivity index (χ2v) is 3.85. The molecule has 1 aromatic rings. The first-order valence-electron chi connectivity index (χ1n) is 3.88. The highest BCUT2D eigenvalue weighted by Crippen LogP contribution is 2.13. The zero-order chi connectivity index (χ0) is 8.97. The summed E-state index contributed by atoms with van der Waals surface area (Å²) in [7, 11) is 0. The molecule has 0 saturated heterocycles. The molecule has 2 heteroatoms. The number of allylic oxidation sites excluding steroid dienone is 1. The standard InChI is InChI=1S/C10H12IN/c1-2-3-10(12)8-4-6-9(11)7-5-8/h2-7,10H,12H2,1H3/b3-2+/t10-/m1/s1. The van der Waals surface area contributed by atoms with E-state index in [9.17, 15) is 0 Å². The predicted octanol–water partition coefficient (Wildman–Crippen LogP) is 2.87. The molecule has 0 aliphatic carbocycles. The lowest BCUT2D eigenvalue weighted by atomic mass is 10.1. The first-order valence-corrected chi connectivity index (χ1v) is 4.96. The van der Waals surface area contributed by atoms with Crippen LogP contribution >= 0.6 is 22.6 Å². The van der Waals surface area contributed by atoms with Gasteiger partial charge in [0.1, 0.15) is 0 Å². The van der Waals surface area contributed by atoms with Crippen molar-refractivity contribution in [2.75, 3.05) is 0 Å². The highest BCUT2D eigenvalue weighted by molar-refractivity contribution is 14.1. The van der Waals surface area contributed by atoms with Gasteiger partial charge in [0.25, 0.3) is 0 Å². The molecule has 0 aliphatic rings. The van der Waals surface area contributed by atoms with Crippen molar-refractivity contribution in [3.8, 4) is 0 Å². The molecule has 2 N–H and O–H groups in total. The van der Waals surface area contributed by atoms with Crippen molar-refractivity contribution < 1.29 is 0 Å². The first kappa shape index (κ1) is 9.74. The van der Waals surface area contributed by atoms with Crippen molar-refractivity contribution in [2.24, 2.45) is 5.73 Å². The SMILES string of the molecule is C/C=C/[C@@H](N)c1ccc(I)cc1. The number of halogens is 1. The molecule has 0 radical (unpaired) electrons. The summed E-state index contributed by atoms with van der Waals surface area (Å²) >= 11 is 2.28. The van der Waals surface area contributed by atoms with Crippen LogP contribution in [0.15, 0.2) is 36.4 Å². The fourth-order valence-electron chi connectivity index (χ4n) is 1.00. The van der Waals surface area contributed by atoms with Crippen molar-refractivity contribution in [2.45, 2.75) is 13.0 Å². The predicted molar refractivity (Wildman–Crippen MR) is 60.9 cm³/mol. The van der Waals surface area contributed by atoms with Gasteiger partial charge in [0.2, 0.25) is 0 Å². The molecule has 0 heterocycles. The molecule has 0 saturated carbocycles. The van der Waals surface area contributed by atoms with E-state index >= 15 is 0 Å². The molecule has 1 nitrogen and oxygen atoms in total. The molecule has 0 spiro atoms. The lowest BCUT2D eigenvalue weighted by Crippen LogP contribution is -2.06. The molecule has 1 aromatic carbocycles. The molecular weight excluding hydrogens is 261 g/mol. The normalized spacial score (nSPS) is 13.6. The van der Waals surface area contributed by atoms with Crippen LogP contribution in [0.1, 0.15) is 18.5 Å². The Kier molecular flexibility index (Phi) is 3.75. The maximum Gasteiger partial charge on any atom is 0.0481 e. The minimum absolute atomic E-state index is 0.0343. The van der Waals surface area contributed by atoms with E-state index in [1.807, 2.05) is 19.1 Å². The van der Waals surface area contributed by atoms with Crippen molar-refractivity contribution in [3.63, 3.8) is 0 Å². The van der Waals surface area contributed by atoms with Crippen molar-refractivity contribution in [1.29, 1.82) is 0 Å². The molecule has 0 aromatic heterocycles. The molecule has 0 bridgehead atoms. The van der Waals surface area contributed by atoms with Gasteiger partial charge >= 0.3 is 0 Å². The Balaban J connectivity index is 2.82. The number of hydrogen-bond donors (Lipinski definition) is 1. The molecule has 1 rings (SSSR count). The van der Waals surface area contributed by atoms with Gasteiger partial charge in [-0.25, -0.2) is 0 Å². The lowest BCUT2D eigenvalue weighted by Gasteiger charge is -2.05. The maximum atomic E-state index is 5.87.